The number of benzene rings is 2. The lowest BCUT2D eigenvalue weighted by molar-refractivity contribution is 0.0996. The summed E-state index contributed by atoms with van der Waals surface area (Å²) in [5.41, 5.74) is 15.7. The number of rotatable bonds is 18. The summed E-state index contributed by atoms with van der Waals surface area (Å²) in [5, 5.41) is 17.6. The van der Waals surface area contributed by atoms with Crippen LogP contribution in [0.1, 0.15) is 73.2 Å². The van der Waals surface area contributed by atoms with Gasteiger partial charge in [-0.3, -0.25) is 33.9 Å². The molecule has 0 aliphatic carbocycles. The van der Waals surface area contributed by atoms with Gasteiger partial charge in [0.2, 0.25) is 17.8 Å². The number of ether oxygens (including phenoxy) is 2. The number of imidazole rings is 2. The van der Waals surface area contributed by atoms with Crippen LogP contribution < -0.4 is 36.9 Å². The molecule has 19 heteroatoms. The minimum atomic E-state index is -0.578. The molecule has 0 saturated heterocycles. The molecule has 0 aliphatic heterocycles. The molecule has 0 saturated carbocycles. The van der Waals surface area contributed by atoms with E-state index < -0.39 is 5.91 Å². The Bertz CT molecular complexity index is 2460. The monoisotopic (exact) mass is 825 g/mol. The molecule has 7 N–H and O–H groups in total. The lowest BCUT2D eigenvalue weighted by Gasteiger charge is -2.13. The molecule has 4 heterocycles. The molecule has 0 fully saturated rings. The van der Waals surface area contributed by atoms with Gasteiger partial charge in [-0.2, -0.15) is 10.2 Å². The summed E-state index contributed by atoms with van der Waals surface area (Å²) in [4.78, 5) is 56.9. The number of aryl methyl sites for hydroxylation is 4. The summed E-state index contributed by atoms with van der Waals surface area (Å²) in [6.07, 6.45) is 7.90. The number of allylic oxidation sites excluding steroid dienone is 2. The van der Waals surface area contributed by atoms with Crippen molar-refractivity contribution in [1.82, 2.24) is 44.0 Å². The van der Waals surface area contributed by atoms with E-state index in [2.05, 4.69) is 36.9 Å². The van der Waals surface area contributed by atoms with E-state index in [1.54, 1.807) is 59.9 Å². The number of hydrogen-bond donors (Lipinski definition) is 5. The molecule has 0 bridgehead atoms. The molecule has 2 amide bonds. The molecule has 4 aromatic heterocycles. The lowest BCUT2D eigenvalue weighted by atomic mass is 10.1. The van der Waals surface area contributed by atoms with E-state index in [0.29, 0.717) is 93.8 Å². The maximum atomic E-state index is 13.5. The van der Waals surface area contributed by atoms with E-state index in [1.165, 1.54) is 14.2 Å². The second kappa shape index (κ2) is 21.8. The van der Waals surface area contributed by atoms with Crippen molar-refractivity contribution < 1.29 is 28.7 Å². The molecule has 0 unspecified atom stereocenters. The quantitative estimate of drug-likeness (QED) is 0.0469. The van der Waals surface area contributed by atoms with Gasteiger partial charge >= 0.3 is 0 Å². The Kier molecular flexibility index (Phi) is 16.6. The Morgan fingerprint density at radius 2 is 1.52 bits per heavy atom. The molecule has 2 aromatic carbocycles. The SMILES string of the molecule is CCn1cc(C(=O)Nc2nc3cc(C=O)cc(OCCCNC)c3n2C/C=C/Cn2c(NC)nc3cc(C(N)=O)cc(OC)c32)c(C)n1.CCn1nc(C)cc1C=O.CN. The van der Waals surface area contributed by atoms with E-state index in [1.807, 2.05) is 49.1 Å². The molecule has 320 valence electrons. The highest BCUT2D eigenvalue weighted by Gasteiger charge is 2.21. The van der Waals surface area contributed by atoms with Gasteiger partial charge < -0.3 is 40.7 Å². The number of aldehydes is 2. The van der Waals surface area contributed by atoms with Gasteiger partial charge in [-0.1, -0.05) is 12.2 Å². The van der Waals surface area contributed by atoms with Gasteiger partial charge in [-0.25, -0.2) is 9.97 Å². The molecule has 0 aliphatic rings. The normalized spacial score (nSPS) is 10.9. The fourth-order valence-corrected chi connectivity index (χ4v) is 6.37. The number of fused-ring (bicyclic) bond motifs is 2. The smallest absolute Gasteiger partial charge is 0.261 e. The van der Waals surface area contributed by atoms with Crippen LogP contribution in [0.2, 0.25) is 0 Å². The largest absolute Gasteiger partial charge is 0.494 e. The first-order valence-corrected chi connectivity index (χ1v) is 19.4. The summed E-state index contributed by atoms with van der Waals surface area (Å²) >= 11 is 0. The lowest BCUT2D eigenvalue weighted by Crippen LogP contribution is -2.16. The van der Waals surface area contributed by atoms with Crippen LogP contribution in [0.15, 0.2) is 48.7 Å². The van der Waals surface area contributed by atoms with Crippen molar-refractivity contribution in [2.24, 2.45) is 11.5 Å². The maximum Gasteiger partial charge on any atom is 0.261 e. The molecular formula is C41H55N13O6. The summed E-state index contributed by atoms with van der Waals surface area (Å²) in [6.45, 7) is 10.8. The zero-order valence-electron chi connectivity index (χ0n) is 35.4. The number of nitrogens with zero attached hydrogens (tertiary/aromatic N) is 8. The topological polar surface area (TPSA) is 246 Å². The minimum absolute atomic E-state index is 0.288. The predicted octanol–water partition coefficient (Wildman–Crippen LogP) is 3.97. The number of anilines is 2. The Morgan fingerprint density at radius 3 is 2.08 bits per heavy atom. The van der Waals surface area contributed by atoms with E-state index in [9.17, 15) is 19.2 Å². The number of nitrogens with one attached hydrogen (secondary N) is 3. The van der Waals surface area contributed by atoms with Gasteiger partial charge in [0.1, 0.15) is 34.5 Å². The van der Waals surface area contributed by atoms with Crippen LogP contribution in [0, 0.1) is 13.8 Å². The van der Waals surface area contributed by atoms with E-state index in [-0.39, 0.29) is 11.9 Å². The van der Waals surface area contributed by atoms with Gasteiger partial charge in [0.25, 0.3) is 5.91 Å². The van der Waals surface area contributed by atoms with Crippen LogP contribution in [0.4, 0.5) is 11.9 Å². The average Bonchev–Trinajstić information content (AvgIpc) is 4.03. The first-order chi connectivity index (χ1) is 29.0. The van der Waals surface area contributed by atoms with Crippen molar-refractivity contribution >= 4 is 58.4 Å². The minimum Gasteiger partial charge on any atom is -0.494 e. The number of carbonyl (C=O) groups is 4. The predicted molar refractivity (Wildman–Crippen MR) is 231 cm³/mol. The standard InChI is InChI=1S/C33H40N10O5.C7H10N2O.CH5N/c1-6-41-18-23(20(2)40-41)31(46)39-33-38-24-14-21(19-44)15-27(48-13-9-10-35-3)29(24)43(33)12-8-7-11-42-28-25(37-32(42)36-4)16-22(30(34)45)17-26(28)47-5;1-3-9-7(5-10)4-6(2)8-9;1-2/h7-8,14-19,35H,6,9-13H2,1-5H3,(H2,34,45)(H,36,37)(H,38,39,46);4-5H,3H2,1-2H3;2H2,1H3/b8-7+;;. The van der Waals surface area contributed by atoms with E-state index in [4.69, 9.17) is 20.2 Å². The number of hydrogen-bond acceptors (Lipinski definition) is 13. The van der Waals surface area contributed by atoms with Crippen LogP contribution >= 0.6 is 0 Å². The highest BCUT2D eigenvalue weighted by Crippen LogP contribution is 2.32. The van der Waals surface area contributed by atoms with Gasteiger partial charge in [0.15, 0.2) is 6.29 Å². The Hall–Kier alpha value is -6.86. The van der Waals surface area contributed by atoms with Crippen molar-refractivity contribution in [3.8, 4) is 11.5 Å². The summed E-state index contributed by atoms with van der Waals surface area (Å²) in [6, 6.07) is 8.35. The number of methoxy groups -OCH3 is 1. The third-order valence-corrected chi connectivity index (χ3v) is 9.17. The van der Waals surface area contributed by atoms with Crippen LogP contribution in [0.3, 0.4) is 0 Å². The molecule has 0 atom stereocenters. The second-order valence-electron chi connectivity index (χ2n) is 13.1. The number of primary amides is 1. The molecule has 0 spiro atoms. The summed E-state index contributed by atoms with van der Waals surface area (Å²) in [7, 11) is 6.65. The van der Waals surface area contributed by atoms with Gasteiger partial charge in [0.05, 0.1) is 41.7 Å². The average molecular weight is 826 g/mol. The summed E-state index contributed by atoms with van der Waals surface area (Å²) < 4.78 is 18.9. The van der Waals surface area contributed by atoms with Crippen molar-refractivity contribution in [2.45, 2.75) is 60.3 Å². The number of aromatic nitrogens is 8. The molecular weight excluding hydrogens is 771 g/mol. The van der Waals surface area contributed by atoms with Crippen molar-refractivity contribution in [1.29, 1.82) is 0 Å². The molecule has 6 rings (SSSR count). The van der Waals surface area contributed by atoms with Gasteiger partial charge in [-0.05, 0) is 85.1 Å². The van der Waals surface area contributed by atoms with Crippen molar-refractivity contribution in [3.05, 3.63) is 82.5 Å². The maximum absolute atomic E-state index is 13.5. The van der Waals surface area contributed by atoms with Crippen LogP contribution in [-0.2, 0) is 26.2 Å². The molecule has 19 nitrogen and oxygen atoms in total. The van der Waals surface area contributed by atoms with E-state index in [0.717, 1.165) is 37.8 Å². The zero-order chi connectivity index (χ0) is 43.9. The number of carbonyl (C=O) groups excluding carboxylic acids is 4. The summed E-state index contributed by atoms with van der Waals surface area (Å²) in [5.74, 6) is 0.863. The van der Waals surface area contributed by atoms with Crippen LogP contribution in [0.5, 0.6) is 11.5 Å². The van der Waals surface area contributed by atoms with Crippen LogP contribution in [-0.4, -0.2) is 104 Å². The number of nitrogens with two attached hydrogens (primary N) is 2. The zero-order valence-corrected chi connectivity index (χ0v) is 35.4. The first-order valence-electron chi connectivity index (χ1n) is 19.4. The van der Waals surface area contributed by atoms with Gasteiger partial charge in [0, 0.05) is 50.6 Å². The molecule has 60 heavy (non-hydrogen) atoms. The fourth-order valence-electron chi connectivity index (χ4n) is 6.37. The third-order valence-electron chi connectivity index (χ3n) is 9.17. The Balaban J connectivity index is 0.000000573. The highest BCUT2D eigenvalue weighted by atomic mass is 16.5. The molecule has 6 aromatic rings. The number of amides is 2. The second-order valence-corrected chi connectivity index (χ2v) is 13.1. The van der Waals surface area contributed by atoms with E-state index >= 15 is 0 Å². The highest BCUT2D eigenvalue weighted by molar-refractivity contribution is 6.05. The fraction of sp³-hybridized carbons (Fsp3) is 0.366. The van der Waals surface area contributed by atoms with Crippen LogP contribution in [0.25, 0.3) is 22.1 Å². The van der Waals surface area contributed by atoms with Gasteiger partial charge in [-0.15, -0.1) is 0 Å². The Labute approximate surface area is 348 Å². The van der Waals surface area contributed by atoms with Crippen molar-refractivity contribution in [3.63, 3.8) is 0 Å². The Morgan fingerprint density at radius 1 is 0.850 bits per heavy atom. The third kappa shape index (κ3) is 10.6. The first kappa shape index (κ1) is 45.8. The van der Waals surface area contributed by atoms with Crippen molar-refractivity contribution in [2.75, 3.05) is 52.0 Å². The molecule has 0 radical (unpaired) electrons.